The highest BCUT2D eigenvalue weighted by molar-refractivity contribution is 5.92. The zero-order valence-electron chi connectivity index (χ0n) is 14.3. The predicted octanol–water partition coefficient (Wildman–Crippen LogP) is 1.27. The Labute approximate surface area is 138 Å². The van der Waals surface area contributed by atoms with Crippen LogP contribution in [0.3, 0.4) is 0 Å². The van der Waals surface area contributed by atoms with E-state index in [4.69, 9.17) is 0 Å². The first kappa shape index (κ1) is 16.5. The second-order valence-electron chi connectivity index (χ2n) is 6.99. The fourth-order valence-electron chi connectivity index (χ4n) is 3.76. The van der Waals surface area contributed by atoms with Crippen LogP contribution in [0, 0.1) is 6.92 Å². The summed E-state index contributed by atoms with van der Waals surface area (Å²) in [6, 6.07) is 1.86. The lowest BCUT2D eigenvalue weighted by molar-refractivity contribution is -0.0369. The van der Waals surface area contributed by atoms with Crippen molar-refractivity contribution in [3.8, 4) is 0 Å². The summed E-state index contributed by atoms with van der Waals surface area (Å²) in [5, 5.41) is 15.2. The summed E-state index contributed by atoms with van der Waals surface area (Å²) in [5.41, 5.74) is 0.898. The van der Waals surface area contributed by atoms with Crippen molar-refractivity contribution in [1.82, 2.24) is 19.6 Å². The summed E-state index contributed by atoms with van der Waals surface area (Å²) in [7, 11) is 0. The van der Waals surface area contributed by atoms with Crippen molar-refractivity contribution in [2.75, 3.05) is 32.7 Å². The number of aryl methyl sites for hydroxylation is 2. The molecular weight excluding hydrogens is 292 g/mol. The average Bonchev–Trinajstić information content (AvgIpc) is 3.16. The molecule has 2 aliphatic heterocycles. The molecule has 6 heteroatoms. The van der Waals surface area contributed by atoms with E-state index in [1.165, 1.54) is 12.8 Å². The number of hydrogen-bond acceptors (Lipinski definition) is 4. The molecule has 23 heavy (non-hydrogen) atoms. The molecule has 0 saturated carbocycles. The zero-order valence-corrected chi connectivity index (χ0v) is 14.3. The molecule has 1 aromatic rings. The van der Waals surface area contributed by atoms with Crippen LogP contribution in [0.4, 0.5) is 0 Å². The van der Waals surface area contributed by atoms with Gasteiger partial charge in [0.2, 0.25) is 0 Å². The fraction of sp³-hybridized carbons (Fsp3) is 0.765. The quantitative estimate of drug-likeness (QED) is 0.908. The van der Waals surface area contributed by atoms with E-state index in [-0.39, 0.29) is 5.91 Å². The third-order valence-electron chi connectivity index (χ3n) is 5.12. The molecule has 0 spiro atoms. The highest BCUT2D eigenvalue weighted by atomic mass is 16.3. The van der Waals surface area contributed by atoms with E-state index in [0.717, 1.165) is 25.3 Å². The Morgan fingerprint density at radius 1 is 1.26 bits per heavy atom. The number of aromatic nitrogens is 2. The van der Waals surface area contributed by atoms with Gasteiger partial charge in [0.1, 0.15) is 5.69 Å². The lowest BCUT2D eigenvalue weighted by atomic mass is 9.90. The van der Waals surface area contributed by atoms with Gasteiger partial charge in [-0.3, -0.25) is 9.48 Å². The number of amides is 1. The normalized spacial score (nSPS) is 21.8. The molecule has 128 valence electrons. The highest BCUT2D eigenvalue weighted by Gasteiger charge is 2.36. The number of β-amino-alcohol motifs (C(OH)–C–C–N with tert-alkyl or cyclic N) is 1. The Morgan fingerprint density at radius 2 is 1.91 bits per heavy atom. The molecule has 0 aromatic carbocycles. The van der Waals surface area contributed by atoms with Crippen molar-refractivity contribution in [2.24, 2.45) is 0 Å². The zero-order chi connectivity index (χ0) is 16.4. The lowest BCUT2D eigenvalue weighted by Crippen LogP contribution is -2.52. The van der Waals surface area contributed by atoms with Gasteiger partial charge in [-0.2, -0.15) is 5.10 Å². The standard InChI is InChI=1S/C17H28N4O2/c1-3-21-15(12-14(2)18-21)16(22)20-10-6-17(23,7-11-20)13-19-8-4-5-9-19/h12,23H,3-11,13H2,1-2H3. The van der Waals surface area contributed by atoms with Gasteiger partial charge in [-0.05, 0) is 58.7 Å². The summed E-state index contributed by atoms with van der Waals surface area (Å²) in [6.45, 7) is 8.79. The summed E-state index contributed by atoms with van der Waals surface area (Å²) >= 11 is 0. The third kappa shape index (κ3) is 3.58. The smallest absolute Gasteiger partial charge is 0.272 e. The van der Waals surface area contributed by atoms with Crippen LogP contribution >= 0.6 is 0 Å². The van der Waals surface area contributed by atoms with Crippen LogP contribution in [0.25, 0.3) is 0 Å². The van der Waals surface area contributed by atoms with Crippen LogP contribution in [0.15, 0.2) is 6.07 Å². The van der Waals surface area contributed by atoms with Crippen molar-refractivity contribution in [2.45, 2.75) is 51.7 Å². The molecule has 2 aliphatic rings. The van der Waals surface area contributed by atoms with Crippen molar-refractivity contribution in [1.29, 1.82) is 0 Å². The number of nitrogens with zero attached hydrogens (tertiary/aromatic N) is 4. The largest absolute Gasteiger partial charge is 0.388 e. The molecular formula is C17H28N4O2. The predicted molar refractivity (Wildman–Crippen MR) is 88.4 cm³/mol. The number of carbonyl (C=O) groups is 1. The fourth-order valence-corrected chi connectivity index (χ4v) is 3.76. The van der Waals surface area contributed by atoms with Crippen molar-refractivity contribution in [3.63, 3.8) is 0 Å². The van der Waals surface area contributed by atoms with Crippen LogP contribution in [-0.2, 0) is 6.54 Å². The van der Waals surface area contributed by atoms with E-state index in [0.29, 0.717) is 38.2 Å². The Hall–Kier alpha value is -1.40. The van der Waals surface area contributed by atoms with Crippen LogP contribution in [-0.4, -0.2) is 68.9 Å². The van der Waals surface area contributed by atoms with Crippen LogP contribution in [0.2, 0.25) is 0 Å². The lowest BCUT2D eigenvalue weighted by Gasteiger charge is -2.40. The number of aliphatic hydroxyl groups is 1. The van der Waals surface area contributed by atoms with E-state index >= 15 is 0 Å². The Bertz CT molecular complexity index is 555. The van der Waals surface area contributed by atoms with Crippen molar-refractivity contribution < 1.29 is 9.90 Å². The van der Waals surface area contributed by atoms with Gasteiger partial charge < -0.3 is 14.9 Å². The van der Waals surface area contributed by atoms with E-state index in [1.807, 2.05) is 24.8 Å². The maximum absolute atomic E-state index is 12.7. The summed E-state index contributed by atoms with van der Waals surface area (Å²) in [4.78, 5) is 16.9. The highest BCUT2D eigenvalue weighted by Crippen LogP contribution is 2.26. The van der Waals surface area contributed by atoms with Crippen LogP contribution < -0.4 is 0 Å². The summed E-state index contributed by atoms with van der Waals surface area (Å²) in [6.07, 6.45) is 3.80. The number of hydrogen-bond donors (Lipinski definition) is 1. The van der Waals surface area contributed by atoms with Crippen molar-refractivity contribution in [3.05, 3.63) is 17.5 Å². The van der Waals surface area contributed by atoms with Crippen LogP contribution in [0.5, 0.6) is 0 Å². The minimum Gasteiger partial charge on any atom is -0.388 e. The van der Waals surface area contributed by atoms with Gasteiger partial charge in [0.05, 0.1) is 11.3 Å². The van der Waals surface area contributed by atoms with Gasteiger partial charge >= 0.3 is 0 Å². The number of carbonyl (C=O) groups excluding carboxylic acids is 1. The maximum Gasteiger partial charge on any atom is 0.272 e. The summed E-state index contributed by atoms with van der Waals surface area (Å²) < 4.78 is 1.77. The van der Waals surface area contributed by atoms with E-state index in [9.17, 15) is 9.90 Å². The molecule has 2 saturated heterocycles. The van der Waals surface area contributed by atoms with E-state index in [1.54, 1.807) is 4.68 Å². The van der Waals surface area contributed by atoms with Crippen LogP contribution in [0.1, 0.15) is 48.8 Å². The minimum atomic E-state index is -0.637. The van der Waals surface area contributed by atoms with Gasteiger partial charge in [0.15, 0.2) is 0 Å². The van der Waals surface area contributed by atoms with Crippen molar-refractivity contribution >= 4 is 5.91 Å². The Balaban J connectivity index is 1.60. The number of piperidine rings is 1. The SMILES string of the molecule is CCn1nc(C)cc1C(=O)N1CCC(O)(CN2CCCC2)CC1. The maximum atomic E-state index is 12.7. The van der Waals surface area contributed by atoms with E-state index < -0.39 is 5.60 Å². The molecule has 3 rings (SSSR count). The molecule has 0 radical (unpaired) electrons. The minimum absolute atomic E-state index is 0.0377. The molecule has 0 aliphatic carbocycles. The Kier molecular flexibility index (Phi) is 4.73. The molecule has 1 N–H and O–H groups in total. The third-order valence-corrected chi connectivity index (χ3v) is 5.12. The molecule has 2 fully saturated rings. The first-order valence-electron chi connectivity index (χ1n) is 8.79. The van der Waals surface area contributed by atoms with Gasteiger partial charge in [0, 0.05) is 26.2 Å². The topological polar surface area (TPSA) is 61.6 Å². The van der Waals surface area contributed by atoms with Gasteiger partial charge in [-0.25, -0.2) is 0 Å². The molecule has 1 aromatic heterocycles. The van der Waals surface area contributed by atoms with Gasteiger partial charge in [0.25, 0.3) is 5.91 Å². The molecule has 1 amide bonds. The first-order chi connectivity index (χ1) is 11.0. The first-order valence-corrected chi connectivity index (χ1v) is 8.79. The second kappa shape index (κ2) is 6.61. The monoisotopic (exact) mass is 320 g/mol. The molecule has 6 nitrogen and oxygen atoms in total. The molecule has 3 heterocycles. The molecule has 0 atom stereocenters. The molecule has 0 bridgehead atoms. The van der Waals surface area contributed by atoms with Gasteiger partial charge in [-0.15, -0.1) is 0 Å². The molecule has 0 unspecified atom stereocenters. The van der Waals surface area contributed by atoms with E-state index in [2.05, 4.69) is 10.00 Å². The summed E-state index contributed by atoms with van der Waals surface area (Å²) in [5.74, 6) is 0.0377. The number of rotatable bonds is 4. The second-order valence-corrected chi connectivity index (χ2v) is 6.99. The Morgan fingerprint density at radius 3 is 2.52 bits per heavy atom. The van der Waals surface area contributed by atoms with Gasteiger partial charge in [-0.1, -0.05) is 0 Å². The average molecular weight is 320 g/mol. The number of likely N-dealkylation sites (tertiary alicyclic amines) is 2.